The van der Waals surface area contributed by atoms with Crippen LogP contribution in [-0.4, -0.2) is 76.7 Å². The third kappa shape index (κ3) is 4.14. The SMILES string of the molecule is CN(C)C1=NC2CC(OC(COC(=O)c3ccccc3)C(O)C2O)S1. The third-order valence-electron chi connectivity index (χ3n) is 4.17. The van der Waals surface area contributed by atoms with Crippen LogP contribution in [0.25, 0.3) is 0 Å². The van der Waals surface area contributed by atoms with Crippen molar-refractivity contribution >= 4 is 22.9 Å². The molecule has 8 heteroatoms. The molecule has 1 fully saturated rings. The number of hydrogen-bond donors (Lipinski definition) is 2. The van der Waals surface area contributed by atoms with Crippen molar-refractivity contribution in [1.82, 2.24) is 4.90 Å². The van der Waals surface area contributed by atoms with Crippen LogP contribution in [0.15, 0.2) is 35.3 Å². The van der Waals surface area contributed by atoms with Gasteiger partial charge in [0.15, 0.2) is 5.17 Å². The Balaban J connectivity index is 1.66. The van der Waals surface area contributed by atoms with Crippen molar-refractivity contribution in [3.8, 4) is 0 Å². The molecule has 5 atom stereocenters. The normalized spacial score (nSPS) is 31.7. The largest absolute Gasteiger partial charge is 0.459 e. The predicted molar refractivity (Wildman–Crippen MR) is 94.5 cm³/mol. The summed E-state index contributed by atoms with van der Waals surface area (Å²) in [6, 6.07) is 8.18. The minimum absolute atomic E-state index is 0.132. The molecule has 0 radical (unpaired) electrons. The van der Waals surface area contributed by atoms with Gasteiger partial charge in [0.25, 0.3) is 0 Å². The summed E-state index contributed by atoms with van der Waals surface area (Å²) in [7, 11) is 3.73. The number of amidine groups is 1. The lowest BCUT2D eigenvalue weighted by molar-refractivity contribution is -0.0984. The Morgan fingerprint density at radius 3 is 2.72 bits per heavy atom. The van der Waals surface area contributed by atoms with Gasteiger partial charge in [0.1, 0.15) is 30.4 Å². The minimum atomic E-state index is -1.18. The molecule has 0 aromatic heterocycles. The molecule has 0 saturated carbocycles. The molecule has 2 aliphatic heterocycles. The molecule has 0 aliphatic carbocycles. The average Bonchev–Trinajstić information content (AvgIpc) is 2.70. The lowest BCUT2D eigenvalue weighted by atomic mass is 10.0. The van der Waals surface area contributed by atoms with Crippen molar-refractivity contribution in [3.63, 3.8) is 0 Å². The number of ether oxygens (including phenoxy) is 2. The van der Waals surface area contributed by atoms with E-state index >= 15 is 0 Å². The van der Waals surface area contributed by atoms with Gasteiger partial charge in [0, 0.05) is 20.5 Å². The summed E-state index contributed by atoms with van der Waals surface area (Å²) in [5.41, 5.74) is 0.171. The zero-order valence-corrected chi connectivity index (χ0v) is 14.9. The van der Waals surface area contributed by atoms with Gasteiger partial charge >= 0.3 is 5.97 Å². The second-order valence-electron chi connectivity index (χ2n) is 6.28. The quantitative estimate of drug-likeness (QED) is 0.762. The Hall–Kier alpha value is -1.61. The first-order valence-corrected chi connectivity index (χ1v) is 8.99. The van der Waals surface area contributed by atoms with Gasteiger partial charge in [0.05, 0.1) is 11.6 Å². The predicted octanol–water partition coefficient (Wildman–Crippen LogP) is 0.713. The molecule has 1 saturated heterocycles. The number of carbonyl (C=O) groups excluding carboxylic acids is 1. The summed E-state index contributed by atoms with van der Waals surface area (Å²) in [6.07, 6.45) is -2.55. The number of carbonyl (C=O) groups is 1. The van der Waals surface area contributed by atoms with E-state index in [4.69, 9.17) is 9.47 Å². The molecule has 0 spiro atoms. The van der Waals surface area contributed by atoms with Crippen LogP contribution in [0, 0.1) is 0 Å². The Kier molecular flexibility index (Phi) is 5.63. The number of fused-ring (bicyclic) bond motifs is 2. The smallest absolute Gasteiger partial charge is 0.338 e. The topological polar surface area (TPSA) is 91.6 Å². The van der Waals surface area contributed by atoms with E-state index in [1.165, 1.54) is 11.8 Å². The van der Waals surface area contributed by atoms with Crippen LogP contribution >= 0.6 is 11.8 Å². The molecule has 1 aromatic rings. The first kappa shape index (κ1) is 18.2. The molecule has 1 aromatic carbocycles. The van der Waals surface area contributed by atoms with E-state index in [0.717, 1.165) is 5.17 Å². The van der Waals surface area contributed by atoms with E-state index in [1.807, 2.05) is 25.1 Å². The molecular weight excluding hydrogens is 344 g/mol. The van der Waals surface area contributed by atoms with Gasteiger partial charge in [-0.2, -0.15) is 0 Å². The number of aliphatic hydroxyl groups excluding tert-OH is 2. The summed E-state index contributed by atoms with van der Waals surface area (Å²) in [5, 5.41) is 21.6. The molecule has 3 rings (SSSR count). The van der Waals surface area contributed by atoms with Gasteiger partial charge < -0.3 is 24.6 Å². The van der Waals surface area contributed by atoms with Crippen molar-refractivity contribution < 1.29 is 24.5 Å². The molecule has 136 valence electrons. The number of nitrogens with zero attached hydrogens (tertiary/aromatic N) is 2. The number of aliphatic imine (C=N–C) groups is 1. The molecule has 5 unspecified atom stereocenters. The van der Waals surface area contributed by atoms with E-state index in [1.54, 1.807) is 24.3 Å². The molecule has 0 amide bonds. The molecule has 2 N–H and O–H groups in total. The number of hydrogen-bond acceptors (Lipinski definition) is 8. The number of esters is 1. The van der Waals surface area contributed by atoms with Crippen LogP contribution < -0.4 is 0 Å². The van der Waals surface area contributed by atoms with Gasteiger partial charge in [-0.05, 0) is 12.1 Å². The molecule has 2 bridgehead atoms. The van der Waals surface area contributed by atoms with Gasteiger partial charge in [-0.25, -0.2) is 4.79 Å². The second-order valence-corrected chi connectivity index (χ2v) is 7.40. The summed E-state index contributed by atoms with van der Waals surface area (Å²) >= 11 is 1.44. The maximum absolute atomic E-state index is 12.1. The summed E-state index contributed by atoms with van der Waals surface area (Å²) in [4.78, 5) is 18.4. The van der Waals surface area contributed by atoms with Crippen molar-refractivity contribution in [3.05, 3.63) is 35.9 Å². The highest BCUT2D eigenvalue weighted by molar-refractivity contribution is 8.14. The molecule has 2 aliphatic rings. The number of benzene rings is 1. The van der Waals surface area contributed by atoms with Gasteiger partial charge in [-0.1, -0.05) is 30.0 Å². The van der Waals surface area contributed by atoms with Crippen LogP contribution in [0.5, 0.6) is 0 Å². The Labute approximate surface area is 150 Å². The Bertz CT molecular complexity index is 639. The molecule has 7 nitrogen and oxygen atoms in total. The fourth-order valence-corrected chi connectivity index (χ4v) is 3.92. The van der Waals surface area contributed by atoms with Crippen LogP contribution in [-0.2, 0) is 9.47 Å². The lowest BCUT2D eigenvalue weighted by Crippen LogP contribution is -2.44. The Morgan fingerprint density at radius 2 is 2.04 bits per heavy atom. The standard InChI is InChI=1S/C17H22N2O5S/c1-19(2)17-18-11-8-13(25-17)24-12(15(21)14(11)20)9-23-16(22)10-6-4-3-5-7-10/h3-7,11-15,20-21H,8-9H2,1-2H3. The lowest BCUT2D eigenvalue weighted by Gasteiger charge is -2.28. The number of thioether (sulfide) groups is 1. The van der Waals surface area contributed by atoms with Gasteiger partial charge in [-0.15, -0.1) is 0 Å². The Morgan fingerprint density at radius 1 is 1.32 bits per heavy atom. The highest BCUT2D eigenvalue weighted by atomic mass is 32.2. The summed E-state index contributed by atoms with van der Waals surface area (Å²) in [6.45, 7) is -0.132. The second kappa shape index (κ2) is 7.74. The highest BCUT2D eigenvalue weighted by Crippen LogP contribution is 2.34. The summed E-state index contributed by atoms with van der Waals surface area (Å²) < 4.78 is 11.2. The number of rotatable bonds is 3. The number of aliphatic hydroxyl groups is 2. The average molecular weight is 366 g/mol. The van der Waals surface area contributed by atoms with E-state index in [2.05, 4.69) is 4.99 Å². The fraction of sp³-hybridized carbons (Fsp3) is 0.529. The van der Waals surface area contributed by atoms with Crippen molar-refractivity contribution in [2.24, 2.45) is 4.99 Å². The zero-order chi connectivity index (χ0) is 18.0. The van der Waals surface area contributed by atoms with Crippen LogP contribution in [0.2, 0.25) is 0 Å². The zero-order valence-electron chi connectivity index (χ0n) is 14.1. The van der Waals surface area contributed by atoms with E-state index < -0.39 is 30.3 Å². The van der Waals surface area contributed by atoms with Gasteiger partial charge in [0.2, 0.25) is 0 Å². The fourth-order valence-electron chi connectivity index (χ4n) is 2.78. The molecular formula is C17H22N2O5S. The maximum atomic E-state index is 12.1. The van der Waals surface area contributed by atoms with E-state index in [-0.39, 0.29) is 12.0 Å². The van der Waals surface area contributed by atoms with Crippen LogP contribution in [0.1, 0.15) is 16.8 Å². The first-order chi connectivity index (χ1) is 12.0. The van der Waals surface area contributed by atoms with Crippen LogP contribution in [0.3, 0.4) is 0 Å². The van der Waals surface area contributed by atoms with Crippen molar-refractivity contribution in [2.45, 2.75) is 36.2 Å². The molecule has 25 heavy (non-hydrogen) atoms. The maximum Gasteiger partial charge on any atom is 0.338 e. The molecule has 2 heterocycles. The van der Waals surface area contributed by atoms with Crippen LogP contribution in [0.4, 0.5) is 0 Å². The first-order valence-electron chi connectivity index (χ1n) is 8.11. The van der Waals surface area contributed by atoms with Gasteiger partial charge in [-0.3, -0.25) is 4.99 Å². The van der Waals surface area contributed by atoms with Crippen molar-refractivity contribution in [2.75, 3.05) is 20.7 Å². The minimum Gasteiger partial charge on any atom is -0.459 e. The van der Waals surface area contributed by atoms with E-state index in [9.17, 15) is 15.0 Å². The third-order valence-corrected chi connectivity index (χ3v) is 5.42. The van der Waals surface area contributed by atoms with E-state index in [0.29, 0.717) is 12.0 Å². The summed E-state index contributed by atoms with van der Waals surface area (Å²) in [5.74, 6) is -0.490. The highest BCUT2D eigenvalue weighted by Gasteiger charge is 2.43. The van der Waals surface area contributed by atoms with Crippen molar-refractivity contribution in [1.29, 1.82) is 0 Å². The monoisotopic (exact) mass is 366 g/mol.